The summed E-state index contributed by atoms with van der Waals surface area (Å²) in [6.45, 7) is 12.3. The van der Waals surface area contributed by atoms with E-state index in [1.807, 2.05) is 0 Å². The molecule has 2 aliphatic carbocycles. The summed E-state index contributed by atoms with van der Waals surface area (Å²) in [4.78, 5) is 12.2. The van der Waals surface area contributed by atoms with E-state index < -0.39 is 0 Å². The minimum Gasteiger partial charge on any atom is -0.484 e. The highest BCUT2D eigenvalue weighted by Gasteiger charge is 2.23. The van der Waals surface area contributed by atoms with Gasteiger partial charge in [-0.1, -0.05) is 126 Å². The summed E-state index contributed by atoms with van der Waals surface area (Å²) < 4.78 is 5.55. The number of hydrogen-bond acceptors (Lipinski definition) is 2. The van der Waals surface area contributed by atoms with Crippen LogP contribution in [0.5, 0.6) is 0 Å². The Morgan fingerprint density at radius 1 is 0.882 bits per heavy atom. The fraction of sp³-hybridized carbons (Fsp3) is 0.633. The van der Waals surface area contributed by atoms with Crippen LogP contribution < -0.4 is 5.32 Å². The summed E-state index contributed by atoms with van der Waals surface area (Å²) in [6.07, 6.45) is 27.7. The highest BCUT2D eigenvalue weighted by Crippen LogP contribution is 2.37. The minimum atomic E-state index is -0.107. The number of amides is 1. The van der Waals surface area contributed by atoms with Gasteiger partial charge in [-0.05, 0) is 37.3 Å². The van der Waals surface area contributed by atoms with Crippen LogP contribution in [0.4, 0.5) is 0 Å². The number of carbonyl (C=O) groups excluding carboxylic acids is 1. The number of hydrogen-bond donors (Lipinski definition) is 1. The summed E-state index contributed by atoms with van der Waals surface area (Å²) in [7, 11) is 1.48. The molecule has 1 N–H and O–H groups in total. The first kappa shape index (κ1) is 28.3. The molecule has 0 saturated heterocycles. The molecule has 2 aliphatic rings. The maximum atomic E-state index is 12.2. The molecule has 0 spiro atoms. The van der Waals surface area contributed by atoms with Crippen molar-refractivity contribution in [3.63, 3.8) is 0 Å². The monoisotopic (exact) mass is 465 g/mol. The van der Waals surface area contributed by atoms with Crippen molar-refractivity contribution in [2.24, 2.45) is 5.92 Å². The van der Waals surface area contributed by atoms with E-state index in [1.54, 1.807) is 30.4 Å². The van der Waals surface area contributed by atoms with Crippen LogP contribution in [0.3, 0.4) is 0 Å². The molecule has 188 valence electrons. The fourth-order valence-electron chi connectivity index (χ4n) is 5.68. The highest BCUT2D eigenvalue weighted by atomic mass is 16.5. The Hall–Kier alpha value is -1.97. The fourth-order valence-corrected chi connectivity index (χ4v) is 5.68. The van der Waals surface area contributed by atoms with Gasteiger partial charge in [0.1, 0.15) is 13.0 Å². The molecule has 0 aromatic heterocycles. The number of allylic oxidation sites excluding steroid dienone is 5. The number of ether oxygens (including phenoxy) is 1. The van der Waals surface area contributed by atoms with E-state index in [9.17, 15) is 4.79 Å². The zero-order chi connectivity index (χ0) is 24.4. The molecule has 0 bridgehead atoms. The molecule has 2 saturated carbocycles. The zero-order valence-electron chi connectivity index (χ0n) is 21.6. The van der Waals surface area contributed by atoms with Crippen molar-refractivity contribution in [1.82, 2.24) is 5.32 Å². The average molecular weight is 466 g/mol. The first-order valence-corrected chi connectivity index (χ1v) is 13.8. The Morgan fingerprint density at radius 3 is 2.12 bits per heavy atom. The van der Waals surface area contributed by atoms with Crippen molar-refractivity contribution in [2.45, 2.75) is 102 Å². The molecule has 0 aromatic rings. The van der Waals surface area contributed by atoms with Gasteiger partial charge in [-0.15, -0.1) is 0 Å². The Labute approximate surface area is 210 Å². The predicted molar refractivity (Wildman–Crippen MR) is 148 cm³/mol. The van der Waals surface area contributed by atoms with Gasteiger partial charge in [0.05, 0.1) is 0 Å². The highest BCUT2D eigenvalue weighted by molar-refractivity contribution is 6.39. The van der Waals surface area contributed by atoms with Crippen LogP contribution in [-0.4, -0.2) is 26.3 Å². The second kappa shape index (κ2) is 17.5. The maximum Gasteiger partial charge on any atom is 0.257 e. The summed E-state index contributed by atoms with van der Waals surface area (Å²) in [5, 5.41) is 2.97. The molecule has 34 heavy (non-hydrogen) atoms. The largest absolute Gasteiger partial charge is 0.484 e. The number of rotatable bonds is 12. The van der Waals surface area contributed by atoms with E-state index in [4.69, 9.17) is 4.74 Å². The van der Waals surface area contributed by atoms with Crippen molar-refractivity contribution >= 4 is 13.2 Å². The smallest absolute Gasteiger partial charge is 0.257 e. The van der Waals surface area contributed by atoms with Crippen LogP contribution >= 0.6 is 0 Å². The predicted octanol–water partition coefficient (Wildman–Crippen LogP) is 7.61. The molecule has 0 heterocycles. The third kappa shape index (κ3) is 11.9. The Balaban J connectivity index is 1.64. The van der Waals surface area contributed by atoms with Gasteiger partial charge in [0, 0.05) is 6.54 Å². The quantitative estimate of drug-likeness (QED) is 0.139. The summed E-state index contributed by atoms with van der Waals surface area (Å²) in [5.74, 6) is 3.03. The van der Waals surface area contributed by atoms with Crippen molar-refractivity contribution in [1.29, 1.82) is 0 Å². The van der Waals surface area contributed by atoms with Crippen molar-refractivity contribution in [3.05, 3.63) is 61.4 Å². The van der Waals surface area contributed by atoms with E-state index in [2.05, 4.69) is 25.1 Å². The molecule has 0 atom stereocenters. The third-order valence-corrected chi connectivity index (χ3v) is 7.62. The Bertz CT molecular complexity index is 678. The van der Waals surface area contributed by atoms with Crippen molar-refractivity contribution < 1.29 is 9.53 Å². The lowest BCUT2D eigenvalue weighted by Crippen LogP contribution is -2.29. The first-order chi connectivity index (χ1) is 16.6. The summed E-state index contributed by atoms with van der Waals surface area (Å²) in [6, 6.07) is 0. The lowest BCUT2D eigenvalue weighted by molar-refractivity contribution is -0.124. The number of nitrogens with one attached hydrogen (secondary N) is 1. The van der Waals surface area contributed by atoms with E-state index in [1.165, 1.54) is 96.3 Å². The number of carbonyl (C=O) groups is 1. The third-order valence-electron chi connectivity index (χ3n) is 7.62. The molecule has 4 heteroatoms. The van der Waals surface area contributed by atoms with Gasteiger partial charge in [0.2, 0.25) is 0 Å². The molecule has 2 rings (SSSR count). The molecule has 1 amide bonds. The minimum absolute atomic E-state index is 0.000552. The molecule has 3 nitrogen and oxygen atoms in total. The topological polar surface area (TPSA) is 38.3 Å². The van der Waals surface area contributed by atoms with Crippen LogP contribution in [-0.2, 0) is 9.53 Å². The van der Waals surface area contributed by atoms with Gasteiger partial charge in [0.25, 0.3) is 5.91 Å². The molecule has 0 aromatic carbocycles. The lowest BCUT2D eigenvalue weighted by Gasteiger charge is -2.28. The maximum absolute atomic E-state index is 12.2. The van der Waals surface area contributed by atoms with Crippen LogP contribution in [0, 0.1) is 5.92 Å². The zero-order valence-corrected chi connectivity index (χ0v) is 21.6. The summed E-state index contributed by atoms with van der Waals surface area (Å²) in [5.41, 5.74) is 1.31. The Morgan fingerprint density at radius 2 is 1.50 bits per heavy atom. The van der Waals surface area contributed by atoms with Crippen LogP contribution in [0.2, 0.25) is 11.6 Å². The van der Waals surface area contributed by atoms with Crippen LogP contribution in [0.1, 0.15) is 89.9 Å². The van der Waals surface area contributed by atoms with Gasteiger partial charge in [0.15, 0.2) is 6.61 Å². The van der Waals surface area contributed by atoms with E-state index in [0.717, 1.165) is 18.1 Å². The van der Waals surface area contributed by atoms with Gasteiger partial charge < -0.3 is 10.1 Å². The van der Waals surface area contributed by atoms with Gasteiger partial charge in [-0.25, -0.2) is 0 Å². The van der Waals surface area contributed by atoms with Crippen LogP contribution in [0.25, 0.3) is 0 Å². The van der Waals surface area contributed by atoms with E-state index in [0.29, 0.717) is 18.2 Å². The van der Waals surface area contributed by atoms with E-state index in [-0.39, 0.29) is 12.5 Å². The standard InChI is InChI=1S/C30H48BNO2/c1-4-6-21-29(14-5-2)34-24-30(33)32-23-22-25(3)26-15-12-19-28(20-13-16-26)31-27-17-10-8-7-9-11-18-27/h4-6,14,21,26-28,31H,1-3,7-13,15-20,22-24H2,(H,32,33)/b21-6-,29-14+. The molecule has 0 radical (unpaired) electrons. The molecular weight excluding hydrogens is 417 g/mol. The first-order valence-electron chi connectivity index (χ1n) is 13.8. The molecule has 0 unspecified atom stereocenters. The molecule has 0 aliphatic heterocycles. The van der Waals surface area contributed by atoms with Crippen molar-refractivity contribution in [2.75, 3.05) is 13.2 Å². The second-order valence-electron chi connectivity index (χ2n) is 10.3. The van der Waals surface area contributed by atoms with Crippen molar-refractivity contribution in [3.8, 4) is 0 Å². The SMILES string of the molecule is C=C/C=C\C(=C/C=C)OCC(=O)NCCC(=C)C1CCCC(BC2CCCCCCC2)CCC1. The van der Waals surface area contributed by atoms with Gasteiger partial charge >= 0.3 is 0 Å². The van der Waals surface area contributed by atoms with E-state index >= 15 is 0 Å². The van der Waals surface area contributed by atoms with Gasteiger partial charge in [-0.3, -0.25) is 4.79 Å². The molecular formula is C30H48BNO2. The second-order valence-corrected chi connectivity index (χ2v) is 10.3. The molecule has 2 fully saturated rings. The normalized spacial score (nSPS) is 23.1. The van der Waals surface area contributed by atoms with Crippen LogP contribution in [0.15, 0.2) is 61.4 Å². The van der Waals surface area contributed by atoms with Gasteiger partial charge in [-0.2, -0.15) is 0 Å². The lowest BCUT2D eigenvalue weighted by atomic mass is 9.49. The average Bonchev–Trinajstić information content (AvgIpc) is 2.78. The summed E-state index contributed by atoms with van der Waals surface area (Å²) >= 11 is 0. The Kier molecular flexibility index (Phi) is 14.5.